The lowest BCUT2D eigenvalue weighted by Gasteiger charge is -2.26. The number of nitrogens with zero attached hydrogens (tertiary/aromatic N) is 2. The Hall–Kier alpha value is -3.26. The van der Waals surface area contributed by atoms with Crippen LogP contribution in [0.1, 0.15) is 60.5 Å². The minimum Gasteiger partial charge on any atom is -0.487 e. The molecule has 0 unspecified atom stereocenters. The largest absolute Gasteiger partial charge is 0.487 e. The van der Waals surface area contributed by atoms with Crippen LogP contribution in [-0.2, 0) is 16.1 Å². The fourth-order valence-electron chi connectivity index (χ4n) is 5.54. The summed E-state index contributed by atoms with van der Waals surface area (Å²) in [4.78, 5) is 33.8. The zero-order chi connectivity index (χ0) is 33.9. The Labute approximate surface area is 315 Å². The van der Waals surface area contributed by atoms with Gasteiger partial charge in [0.15, 0.2) is 4.80 Å². The van der Waals surface area contributed by atoms with Crippen LogP contribution in [0, 0.1) is 7.14 Å². The molecule has 1 aliphatic heterocycles. The van der Waals surface area contributed by atoms with Gasteiger partial charge < -0.3 is 9.47 Å². The predicted molar refractivity (Wildman–Crippen MR) is 209 cm³/mol. The fourth-order valence-corrected chi connectivity index (χ4v) is 8.70. The molecule has 5 aromatic rings. The van der Waals surface area contributed by atoms with E-state index in [1.807, 2.05) is 84.9 Å². The van der Waals surface area contributed by atoms with Gasteiger partial charge in [0.1, 0.15) is 12.4 Å². The van der Waals surface area contributed by atoms with Crippen molar-refractivity contribution in [2.75, 3.05) is 6.61 Å². The number of rotatable bonds is 9. The number of carbonyl (C=O) groups is 1. The number of esters is 1. The third kappa shape index (κ3) is 7.34. The van der Waals surface area contributed by atoms with E-state index < -0.39 is 12.0 Å². The molecule has 0 bridgehead atoms. The molecule has 0 radical (unpaired) electrons. The average Bonchev–Trinajstić information content (AvgIpc) is 3.38. The van der Waals surface area contributed by atoms with Gasteiger partial charge in [-0.15, -0.1) is 0 Å². The first-order chi connectivity index (χ1) is 23.1. The van der Waals surface area contributed by atoms with Crippen LogP contribution in [-0.4, -0.2) is 17.1 Å². The first kappa shape index (κ1) is 34.6. The molecule has 0 N–H and O–H groups in total. The summed E-state index contributed by atoms with van der Waals surface area (Å²) >= 11 is 11.9. The highest BCUT2D eigenvalue weighted by Crippen LogP contribution is 2.36. The van der Waals surface area contributed by atoms with Gasteiger partial charge in [0.05, 0.1) is 32.0 Å². The van der Waals surface area contributed by atoms with E-state index in [-0.39, 0.29) is 12.2 Å². The van der Waals surface area contributed by atoms with E-state index in [9.17, 15) is 9.59 Å². The second-order valence-electron chi connectivity index (χ2n) is 11.5. The molecule has 48 heavy (non-hydrogen) atoms. The highest BCUT2D eigenvalue weighted by atomic mass is 127. The third-order valence-electron chi connectivity index (χ3n) is 7.91. The molecule has 1 aromatic heterocycles. The van der Waals surface area contributed by atoms with Crippen molar-refractivity contribution >= 4 is 85.9 Å². The van der Waals surface area contributed by atoms with Crippen LogP contribution < -0.4 is 19.6 Å². The minimum atomic E-state index is -0.740. The van der Waals surface area contributed by atoms with Crippen LogP contribution in [0.3, 0.4) is 0 Å². The summed E-state index contributed by atoms with van der Waals surface area (Å²) < 4.78 is 16.0. The second-order valence-corrected chi connectivity index (χ2v) is 15.3. The molecule has 0 aliphatic carbocycles. The summed E-state index contributed by atoms with van der Waals surface area (Å²) in [5.41, 5.74) is 5.06. The Bertz CT molecular complexity index is 2190. The standard InChI is InChI=1S/C38H31ClI2N2O4S/c1-4-46-37(45)32-33(25-8-6-5-7-9-25)42-38-43(34(32)26-14-12-24(13-15-26)22(2)3)36(44)31(48-38)19-27-18-29(40)20-30(41)35(27)47-21-23-10-16-28(39)17-11-23/h5-20,22,34H,4,21H2,1-3H3/b31-19-/t34-/m1/s1. The van der Waals surface area contributed by atoms with Gasteiger partial charge in [-0.2, -0.15) is 0 Å². The number of thiazole rings is 1. The van der Waals surface area contributed by atoms with Gasteiger partial charge in [-0.3, -0.25) is 9.36 Å². The number of hydrogen-bond acceptors (Lipinski definition) is 6. The van der Waals surface area contributed by atoms with E-state index in [2.05, 4.69) is 71.2 Å². The number of hydrogen-bond donors (Lipinski definition) is 0. The van der Waals surface area contributed by atoms with Crippen molar-refractivity contribution in [1.29, 1.82) is 0 Å². The van der Waals surface area contributed by atoms with Crippen LogP contribution in [0.5, 0.6) is 5.75 Å². The average molecular weight is 901 g/mol. The lowest BCUT2D eigenvalue weighted by molar-refractivity contribution is -0.138. The van der Waals surface area contributed by atoms with Gasteiger partial charge in [0.25, 0.3) is 5.56 Å². The molecular weight excluding hydrogens is 870 g/mol. The lowest BCUT2D eigenvalue weighted by atomic mass is 9.91. The maximum atomic E-state index is 14.5. The molecule has 1 atom stereocenters. The van der Waals surface area contributed by atoms with Gasteiger partial charge in [-0.1, -0.05) is 104 Å². The predicted octanol–water partition coefficient (Wildman–Crippen LogP) is 8.50. The molecule has 0 saturated heterocycles. The van der Waals surface area contributed by atoms with Crippen LogP contribution in [0.25, 0.3) is 11.8 Å². The van der Waals surface area contributed by atoms with Gasteiger partial charge in [-0.25, -0.2) is 9.79 Å². The highest BCUT2D eigenvalue weighted by Gasteiger charge is 2.35. The molecule has 10 heteroatoms. The number of halogens is 3. The molecule has 0 amide bonds. The normalized spacial score (nSPS) is 14.6. The topological polar surface area (TPSA) is 69.9 Å². The zero-order valence-corrected chi connectivity index (χ0v) is 32.3. The lowest BCUT2D eigenvalue weighted by Crippen LogP contribution is -2.40. The van der Waals surface area contributed by atoms with Gasteiger partial charge in [0, 0.05) is 19.7 Å². The second kappa shape index (κ2) is 15.1. The van der Waals surface area contributed by atoms with E-state index in [0.29, 0.717) is 43.9 Å². The van der Waals surface area contributed by atoms with E-state index in [0.717, 1.165) is 35.0 Å². The van der Waals surface area contributed by atoms with Gasteiger partial charge in [0.2, 0.25) is 0 Å². The summed E-state index contributed by atoms with van der Waals surface area (Å²) in [6.45, 7) is 6.57. The van der Waals surface area contributed by atoms with Crippen molar-refractivity contribution in [1.82, 2.24) is 4.57 Å². The molecule has 2 heterocycles. The number of benzene rings is 4. The maximum absolute atomic E-state index is 14.5. The van der Waals surface area contributed by atoms with Crippen LogP contribution in [0.15, 0.2) is 106 Å². The number of fused-ring (bicyclic) bond motifs is 1. The summed E-state index contributed by atoms with van der Waals surface area (Å²) in [6.07, 6.45) is 1.86. The summed E-state index contributed by atoms with van der Waals surface area (Å²) in [5, 5.41) is 0.661. The first-order valence-electron chi connectivity index (χ1n) is 15.4. The van der Waals surface area contributed by atoms with Crippen molar-refractivity contribution in [3.63, 3.8) is 0 Å². The third-order valence-corrected chi connectivity index (χ3v) is 10.6. The molecular formula is C38H31ClI2N2O4S. The quantitative estimate of drug-likeness (QED) is 0.110. The summed E-state index contributed by atoms with van der Waals surface area (Å²) in [5.74, 6) is 0.501. The monoisotopic (exact) mass is 900 g/mol. The molecule has 6 rings (SSSR count). The molecule has 6 nitrogen and oxygen atoms in total. The van der Waals surface area contributed by atoms with Crippen LogP contribution in [0.2, 0.25) is 5.02 Å². The van der Waals surface area contributed by atoms with E-state index in [1.165, 1.54) is 11.3 Å². The molecule has 0 saturated carbocycles. The Morgan fingerprint density at radius 3 is 2.40 bits per heavy atom. The molecule has 244 valence electrons. The number of aromatic nitrogens is 1. The number of ether oxygens (including phenoxy) is 2. The van der Waals surface area contributed by atoms with Crippen LogP contribution in [0.4, 0.5) is 0 Å². The number of carbonyl (C=O) groups excluding carboxylic acids is 1. The summed E-state index contributed by atoms with van der Waals surface area (Å²) in [6, 6.07) is 28.5. The Morgan fingerprint density at radius 2 is 1.73 bits per heavy atom. The van der Waals surface area contributed by atoms with Crippen LogP contribution >= 0.6 is 68.1 Å². The van der Waals surface area contributed by atoms with Gasteiger partial charge >= 0.3 is 5.97 Å². The molecule has 0 fully saturated rings. The van der Waals surface area contributed by atoms with Crippen molar-refractivity contribution in [3.05, 3.63) is 156 Å². The molecule has 4 aromatic carbocycles. The van der Waals surface area contributed by atoms with Crippen molar-refractivity contribution < 1.29 is 14.3 Å². The van der Waals surface area contributed by atoms with E-state index in [1.54, 1.807) is 11.5 Å². The molecule has 1 aliphatic rings. The first-order valence-corrected chi connectivity index (χ1v) is 18.7. The fraction of sp³-hybridized carbons (Fsp3) is 0.184. The van der Waals surface area contributed by atoms with Crippen molar-refractivity contribution in [2.24, 2.45) is 4.99 Å². The van der Waals surface area contributed by atoms with E-state index >= 15 is 0 Å². The minimum absolute atomic E-state index is 0.192. The van der Waals surface area contributed by atoms with Crippen molar-refractivity contribution in [2.45, 2.75) is 39.3 Å². The highest BCUT2D eigenvalue weighted by molar-refractivity contribution is 14.1. The maximum Gasteiger partial charge on any atom is 0.338 e. The Kier molecular flexibility index (Phi) is 10.9. The zero-order valence-electron chi connectivity index (χ0n) is 26.4. The Balaban J connectivity index is 1.55. The Morgan fingerprint density at radius 1 is 1.02 bits per heavy atom. The molecule has 0 spiro atoms. The van der Waals surface area contributed by atoms with Crippen molar-refractivity contribution in [3.8, 4) is 5.75 Å². The summed E-state index contributed by atoms with van der Waals surface area (Å²) in [7, 11) is 0. The smallest absolute Gasteiger partial charge is 0.338 e. The van der Waals surface area contributed by atoms with Gasteiger partial charge in [-0.05, 0) is 105 Å². The van der Waals surface area contributed by atoms with E-state index in [4.69, 9.17) is 26.1 Å². The SMILES string of the molecule is CCOC(=O)C1=C(c2ccccc2)N=c2s/c(=C\c3cc(I)cc(I)c3OCc3ccc(Cl)cc3)c(=O)n2[C@@H]1c1ccc(C(C)C)cc1.